The summed E-state index contributed by atoms with van der Waals surface area (Å²) in [6.07, 6.45) is 0. The minimum atomic E-state index is 0.663. The average molecular weight is 269 g/mol. The van der Waals surface area contributed by atoms with E-state index < -0.39 is 0 Å². The molecule has 2 nitrogen and oxygen atoms in total. The highest BCUT2D eigenvalue weighted by Gasteiger charge is 1.99. The first-order valence-electron chi connectivity index (χ1n) is 7.07. The zero-order chi connectivity index (χ0) is 14.5. The van der Waals surface area contributed by atoms with Gasteiger partial charge in [-0.15, -0.1) is 0 Å². The fourth-order valence-corrected chi connectivity index (χ4v) is 2.38. The predicted molar refractivity (Wildman–Crippen MR) is 85.8 cm³/mol. The summed E-state index contributed by atoms with van der Waals surface area (Å²) in [4.78, 5) is 0. The Balaban J connectivity index is 1.84. The Bertz CT molecular complexity index is 570. The van der Waals surface area contributed by atoms with Crippen molar-refractivity contribution in [2.24, 2.45) is 0 Å². The molecule has 0 aliphatic rings. The lowest BCUT2D eigenvalue weighted by Gasteiger charge is -2.12. The molecule has 0 fully saturated rings. The van der Waals surface area contributed by atoms with Gasteiger partial charge in [-0.2, -0.15) is 0 Å². The Morgan fingerprint density at radius 2 is 1.55 bits per heavy atom. The van der Waals surface area contributed by atoms with Gasteiger partial charge in [0.15, 0.2) is 0 Å². The van der Waals surface area contributed by atoms with Crippen LogP contribution in [0.25, 0.3) is 0 Å². The van der Waals surface area contributed by atoms with Crippen molar-refractivity contribution in [1.82, 2.24) is 0 Å². The van der Waals surface area contributed by atoms with Crippen LogP contribution in [0.4, 0.5) is 5.69 Å². The van der Waals surface area contributed by atoms with E-state index in [1.807, 2.05) is 0 Å². The fourth-order valence-electron chi connectivity index (χ4n) is 2.38. The molecule has 0 aliphatic carbocycles. The van der Waals surface area contributed by atoms with Gasteiger partial charge in [0.1, 0.15) is 12.4 Å². The Morgan fingerprint density at radius 1 is 0.850 bits per heavy atom. The summed E-state index contributed by atoms with van der Waals surface area (Å²) in [5.74, 6) is 0.949. The lowest BCUT2D eigenvalue weighted by atomic mass is 10.1. The highest BCUT2D eigenvalue weighted by molar-refractivity contribution is 5.51. The smallest absolute Gasteiger partial charge is 0.119 e. The number of ether oxygens (including phenoxy) is 1. The molecule has 0 bridgehead atoms. The third-order valence-electron chi connectivity index (χ3n) is 3.26. The van der Waals surface area contributed by atoms with Gasteiger partial charge in [-0.05, 0) is 62.6 Å². The van der Waals surface area contributed by atoms with Gasteiger partial charge >= 0.3 is 0 Å². The lowest BCUT2D eigenvalue weighted by molar-refractivity contribution is 0.332. The number of benzene rings is 2. The third kappa shape index (κ3) is 4.02. The highest BCUT2D eigenvalue weighted by Crippen LogP contribution is 2.17. The molecule has 0 radical (unpaired) electrons. The van der Waals surface area contributed by atoms with E-state index >= 15 is 0 Å². The van der Waals surface area contributed by atoms with Gasteiger partial charge in [0.2, 0.25) is 0 Å². The molecule has 106 valence electrons. The van der Waals surface area contributed by atoms with E-state index in [4.69, 9.17) is 4.74 Å². The number of aryl methyl sites for hydroxylation is 4. The molecule has 0 aliphatic heterocycles. The zero-order valence-electron chi connectivity index (χ0n) is 12.8. The molecule has 2 aromatic carbocycles. The normalized spacial score (nSPS) is 10.4. The second-order valence-corrected chi connectivity index (χ2v) is 5.42. The molecule has 1 N–H and O–H groups in total. The van der Waals surface area contributed by atoms with E-state index in [-0.39, 0.29) is 0 Å². The first-order valence-corrected chi connectivity index (χ1v) is 7.07. The SMILES string of the molecule is Cc1cc(C)cc(OCCNc2ccc(C)cc2C)c1. The van der Waals surface area contributed by atoms with Crippen molar-refractivity contribution in [3.05, 3.63) is 58.7 Å². The number of nitrogens with one attached hydrogen (secondary N) is 1. The fraction of sp³-hybridized carbons (Fsp3) is 0.333. The minimum absolute atomic E-state index is 0.663. The monoisotopic (exact) mass is 269 g/mol. The van der Waals surface area contributed by atoms with Crippen molar-refractivity contribution in [2.45, 2.75) is 27.7 Å². The van der Waals surface area contributed by atoms with E-state index in [0.717, 1.165) is 12.3 Å². The molecule has 0 spiro atoms. The maximum Gasteiger partial charge on any atom is 0.119 e. The number of anilines is 1. The Hall–Kier alpha value is -1.96. The van der Waals surface area contributed by atoms with Crippen molar-refractivity contribution >= 4 is 5.69 Å². The number of hydrogen-bond donors (Lipinski definition) is 1. The number of rotatable bonds is 5. The molecular formula is C18H23NO. The molecule has 0 aromatic heterocycles. The van der Waals surface area contributed by atoms with Crippen LogP contribution in [-0.4, -0.2) is 13.2 Å². The molecule has 0 saturated heterocycles. The highest BCUT2D eigenvalue weighted by atomic mass is 16.5. The van der Waals surface area contributed by atoms with Gasteiger partial charge < -0.3 is 10.1 Å². The first kappa shape index (κ1) is 14.4. The van der Waals surface area contributed by atoms with Crippen molar-refractivity contribution in [3.8, 4) is 5.75 Å². The van der Waals surface area contributed by atoms with E-state index in [1.165, 1.54) is 27.9 Å². The van der Waals surface area contributed by atoms with Gasteiger partial charge in [-0.25, -0.2) is 0 Å². The molecule has 2 rings (SSSR count). The van der Waals surface area contributed by atoms with Crippen LogP contribution in [0.1, 0.15) is 22.3 Å². The van der Waals surface area contributed by atoms with Crippen molar-refractivity contribution in [2.75, 3.05) is 18.5 Å². The maximum atomic E-state index is 5.79. The van der Waals surface area contributed by atoms with Gasteiger partial charge in [0.05, 0.1) is 0 Å². The summed E-state index contributed by atoms with van der Waals surface area (Å²) in [6.45, 7) is 9.88. The Morgan fingerprint density at radius 3 is 2.20 bits per heavy atom. The average Bonchev–Trinajstić information content (AvgIpc) is 2.35. The van der Waals surface area contributed by atoms with Crippen molar-refractivity contribution in [1.29, 1.82) is 0 Å². The van der Waals surface area contributed by atoms with Gasteiger partial charge in [0, 0.05) is 12.2 Å². The quantitative estimate of drug-likeness (QED) is 0.812. The molecule has 2 heteroatoms. The van der Waals surface area contributed by atoms with E-state index in [9.17, 15) is 0 Å². The summed E-state index contributed by atoms with van der Waals surface area (Å²) in [5.41, 5.74) is 6.22. The molecule has 20 heavy (non-hydrogen) atoms. The molecule has 0 heterocycles. The van der Waals surface area contributed by atoms with Crippen LogP contribution in [0, 0.1) is 27.7 Å². The zero-order valence-corrected chi connectivity index (χ0v) is 12.8. The van der Waals surface area contributed by atoms with E-state index in [0.29, 0.717) is 6.61 Å². The van der Waals surface area contributed by atoms with Crippen LogP contribution < -0.4 is 10.1 Å². The van der Waals surface area contributed by atoms with E-state index in [1.54, 1.807) is 0 Å². The van der Waals surface area contributed by atoms with E-state index in [2.05, 4.69) is 69.4 Å². The minimum Gasteiger partial charge on any atom is -0.492 e. The molecule has 0 atom stereocenters. The Kier molecular flexibility index (Phi) is 4.67. The van der Waals surface area contributed by atoms with Crippen LogP contribution in [0.15, 0.2) is 36.4 Å². The predicted octanol–water partition coefficient (Wildman–Crippen LogP) is 4.41. The molecule has 2 aromatic rings. The standard InChI is InChI=1S/C18H23NO/c1-13-5-6-18(16(4)10-13)19-7-8-20-17-11-14(2)9-15(3)12-17/h5-6,9-12,19H,7-8H2,1-4H3. The topological polar surface area (TPSA) is 21.3 Å². The van der Waals surface area contributed by atoms with Crippen LogP contribution in [0.2, 0.25) is 0 Å². The van der Waals surface area contributed by atoms with Crippen LogP contribution in [0.5, 0.6) is 5.75 Å². The molecule has 0 saturated carbocycles. The van der Waals surface area contributed by atoms with Crippen LogP contribution >= 0.6 is 0 Å². The first-order chi connectivity index (χ1) is 9.54. The maximum absolute atomic E-state index is 5.79. The summed E-state index contributed by atoms with van der Waals surface area (Å²) in [7, 11) is 0. The summed E-state index contributed by atoms with van der Waals surface area (Å²) in [6, 6.07) is 12.7. The molecule has 0 unspecified atom stereocenters. The summed E-state index contributed by atoms with van der Waals surface area (Å²) >= 11 is 0. The summed E-state index contributed by atoms with van der Waals surface area (Å²) in [5, 5.41) is 3.41. The molecule has 0 amide bonds. The second-order valence-electron chi connectivity index (χ2n) is 5.42. The second kappa shape index (κ2) is 6.47. The van der Waals surface area contributed by atoms with Gasteiger partial charge in [-0.3, -0.25) is 0 Å². The lowest BCUT2D eigenvalue weighted by Crippen LogP contribution is -2.12. The summed E-state index contributed by atoms with van der Waals surface area (Å²) < 4.78 is 5.79. The largest absolute Gasteiger partial charge is 0.492 e. The van der Waals surface area contributed by atoms with Crippen molar-refractivity contribution in [3.63, 3.8) is 0 Å². The number of hydrogen-bond acceptors (Lipinski definition) is 2. The van der Waals surface area contributed by atoms with Crippen LogP contribution in [0.3, 0.4) is 0 Å². The molecular weight excluding hydrogens is 246 g/mol. The van der Waals surface area contributed by atoms with Gasteiger partial charge in [0.25, 0.3) is 0 Å². The Labute approximate surface area is 121 Å². The van der Waals surface area contributed by atoms with Crippen molar-refractivity contribution < 1.29 is 4.74 Å². The third-order valence-corrected chi connectivity index (χ3v) is 3.26. The van der Waals surface area contributed by atoms with Crippen LogP contribution in [-0.2, 0) is 0 Å². The van der Waals surface area contributed by atoms with Gasteiger partial charge in [-0.1, -0.05) is 23.8 Å².